The Hall–Kier alpha value is -1.81. The van der Waals surface area contributed by atoms with E-state index in [-0.39, 0.29) is 12.4 Å². The van der Waals surface area contributed by atoms with Gasteiger partial charge in [0.2, 0.25) is 0 Å². The van der Waals surface area contributed by atoms with E-state index in [4.69, 9.17) is 9.47 Å². The third kappa shape index (κ3) is 4.58. The van der Waals surface area contributed by atoms with Crippen molar-refractivity contribution in [2.75, 3.05) is 7.11 Å². The van der Waals surface area contributed by atoms with Crippen LogP contribution in [0.25, 0.3) is 0 Å². The molecule has 0 aliphatic carbocycles. The van der Waals surface area contributed by atoms with Crippen molar-refractivity contribution >= 4 is 21.9 Å². The molecule has 0 unspecified atom stereocenters. The molecule has 0 saturated heterocycles. The number of esters is 1. The molecule has 0 spiro atoms. The summed E-state index contributed by atoms with van der Waals surface area (Å²) in [7, 11) is 1.40. The third-order valence-electron chi connectivity index (χ3n) is 3.80. The van der Waals surface area contributed by atoms with E-state index in [1.807, 2.05) is 31.2 Å². The Morgan fingerprint density at radius 3 is 2.65 bits per heavy atom. The van der Waals surface area contributed by atoms with Gasteiger partial charge in [-0.2, -0.15) is 0 Å². The van der Waals surface area contributed by atoms with Crippen LogP contribution in [0.2, 0.25) is 0 Å². The van der Waals surface area contributed by atoms with Gasteiger partial charge in [-0.25, -0.2) is 0 Å². The van der Waals surface area contributed by atoms with E-state index in [9.17, 15) is 4.79 Å². The van der Waals surface area contributed by atoms with E-state index < -0.39 is 0 Å². The summed E-state index contributed by atoms with van der Waals surface area (Å²) in [5, 5.41) is 0. The summed E-state index contributed by atoms with van der Waals surface area (Å²) >= 11 is 3.54. The van der Waals surface area contributed by atoms with Crippen LogP contribution in [0.3, 0.4) is 0 Å². The topological polar surface area (TPSA) is 35.5 Å². The first-order valence-electron chi connectivity index (χ1n) is 7.60. The first-order chi connectivity index (χ1) is 11.0. The molecule has 122 valence electrons. The second-order valence-corrected chi connectivity index (χ2v) is 6.23. The van der Waals surface area contributed by atoms with Gasteiger partial charge >= 0.3 is 5.97 Å². The molecule has 2 rings (SSSR count). The van der Waals surface area contributed by atoms with Crippen LogP contribution >= 0.6 is 15.9 Å². The second-order valence-electron chi connectivity index (χ2n) is 5.37. The molecule has 0 aromatic heterocycles. The molecule has 3 nitrogen and oxygen atoms in total. The van der Waals surface area contributed by atoms with E-state index in [0.29, 0.717) is 6.61 Å². The lowest BCUT2D eigenvalue weighted by molar-refractivity contribution is -0.139. The van der Waals surface area contributed by atoms with Gasteiger partial charge in [0.05, 0.1) is 13.5 Å². The standard InChI is InChI=1S/C19H21BrO3/c1-4-14-8-9-18(13(2)10-14)23-12-16-15(11-19(21)22-3)6-5-7-17(16)20/h5-10H,4,11-12H2,1-3H3. The molecule has 0 bridgehead atoms. The summed E-state index contributed by atoms with van der Waals surface area (Å²) in [4.78, 5) is 11.6. The van der Waals surface area contributed by atoms with Crippen LogP contribution in [-0.2, 0) is 29.0 Å². The van der Waals surface area contributed by atoms with Gasteiger partial charge in [-0.3, -0.25) is 4.79 Å². The lowest BCUT2D eigenvalue weighted by atomic mass is 10.1. The highest BCUT2D eigenvalue weighted by molar-refractivity contribution is 9.10. The number of methoxy groups -OCH3 is 1. The summed E-state index contributed by atoms with van der Waals surface area (Å²) in [6.45, 7) is 4.58. The molecule has 0 saturated carbocycles. The number of benzene rings is 2. The zero-order valence-corrected chi connectivity index (χ0v) is 15.3. The molecular formula is C19H21BrO3. The quantitative estimate of drug-likeness (QED) is 0.690. The number of carbonyl (C=O) groups excluding carboxylic acids is 1. The fourth-order valence-corrected chi connectivity index (χ4v) is 2.92. The van der Waals surface area contributed by atoms with Crippen molar-refractivity contribution < 1.29 is 14.3 Å². The maximum absolute atomic E-state index is 11.6. The van der Waals surface area contributed by atoms with Crippen LogP contribution in [0, 0.1) is 6.92 Å². The van der Waals surface area contributed by atoms with E-state index in [1.165, 1.54) is 12.7 Å². The van der Waals surface area contributed by atoms with E-state index in [0.717, 1.165) is 33.3 Å². The monoisotopic (exact) mass is 376 g/mol. The molecule has 2 aromatic carbocycles. The average molecular weight is 377 g/mol. The van der Waals surface area contributed by atoms with Crippen LogP contribution in [0.1, 0.15) is 29.2 Å². The summed E-state index contributed by atoms with van der Waals surface area (Å²) in [5.74, 6) is 0.606. The fourth-order valence-electron chi connectivity index (χ4n) is 2.40. The highest BCUT2D eigenvalue weighted by atomic mass is 79.9. The van der Waals surface area contributed by atoms with Gasteiger partial charge in [0.25, 0.3) is 0 Å². The summed E-state index contributed by atoms with van der Waals surface area (Å²) in [6.07, 6.45) is 1.25. The van der Waals surface area contributed by atoms with Crippen LogP contribution in [-0.4, -0.2) is 13.1 Å². The highest BCUT2D eigenvalue weighted by Gasteiger charge is 2.12. The predicted molar refractivity (Wildman–Crippen MR) is 94.8 cm³/mol. The zero-order valence-electron chi connectivity index (χ0n) is 13.7. The number of halogens is 1. The van der Waals surface area contributed by atoms with Crippen molar-refractivity contribution in [1.82, 2.24) is 0 Å². The van der Waals surface area contributed by atoms with E-state index in [1.54, 1.807) is 0 Å². The summed E-state index contributed by atoms with van der Waals surface area (Å²) in [5.41, 5.74) is 4.29. The molecule has 0 N–H and O–H groups in total. The van der Waals surface area contributed by atoms with Gasteiger partial charge in [-0.1, -0.05) is 47.1 Å². The molecule has 2 aromatic rings. The third-order valence-corrected chi connectivity index (χ3v) is 4.54. The SMILES string of the molecule is CCc1ccc(OCc2c(Br)cccc2CC(=O)OC)c(C)c1. The van der Waals surface area contributed by atoms with Crippen LogP contribution in [0.5, 0.6) is 5.75 Å². The van der Waals surface area contributed by atoms with Gasteiger partial charge in [-0.15, -0.1) is 0 Å². The molecule has 0 aliphatic heterocycles. The Balaban J connectivity index is 2.18. The highest BCUT2D eigenvalue weighted by Crippen LogP contribution is 2.25. The van der Waals surface area contributed by atoms with Crippen molar-refractivity contribution in [2.24, 2.45) is 0 Å². The van der Waals surface area contributed by atoms with E-state index >= 15 is 0 Å². The minimum absolute atomic E-state index is 0.238. The van der Waals surface area contributed by atoms with Crippen LogP contribution < -0.4 is 4.74 Å². The van der Waals surface area contributed by atoms with Gasteiger partial charge in [0.1, 0.15) is 12.4 Å². The Kier molecular flexibility index (Phi) is 6.22. The smallest absolute Gasteiger partial charge is 0.309 e. The van der Waals surface area contributed by atoms with Crippen molar-refractivity contribution in [3.8, 4) is 5.75 Å². The number of hydrogen-bond donors (Lipinski definition) is 0. The average Bonchev–Trinajstić information content (AvgIpc) is 2.55. The van der Waals surface area contributed by atoms with Crippen molar-refractivity contribution in [1.29, 1.82) is 0 Å². The largest absolute Gasteiger partial charge is 0.489 e. The first kappa shape index (κ1) is 17.5. The van der Waals surface area contributed by atoms with Crippen LogP contribution in [0.4, 0.5) is 0 Å². The Morgan fingerprint density at radius 1 is 1.22 bits per heavy atom. The van der Waals surface area contributed by atoms with Gasteiger partial charge in [0, 0.05) is 10.0 Å². The number of rotatable bonds is 6. The number of ether oxygens (including phenoxy) is 2. The number of carbonyl (C=O) groups is 1. The van der Waals surface area contributed by atoms with Crippen molar-refractivity contribution in [3.63, 3.8) is 0 Å². The van der Waals surface area contributed by atoms with Crippen LogP contribution in [0.15, 0.2) is 40.9 Å². The summed E-state index contributed by atoms with van der Waals surface area (Å²) in [6, 6.07) is 12.0. The van der Waals surface area contributed by atoms with Crippen molar-refractivity contribution in [3.05, 3.63) is 63.1 Å². The molecule has 0 atom stereocenters. The summed E-state index contributed by atoms with van der Waals surface area (Å²) < 4.78 is 11.7. The fraction of sp³-hybridized carbons (Fsp3) is 0.316. The Labute approximate surface area is 145 Å². The minimum atomic E-state index is -0.257. The molecule has 4 heteroatoms. The van der Waals surface area contributed by atoms with Gasteiger partial charge in [-0.05, 0) is 42.2 Å². The maximum Gasteiger partial charge on any atom is 0.309 e. The number of hydrogen-bond acceptors (Lipinski definition) is 3. The van der Waals surface area contributed by atoms with E-state index in [2.05, 4.69) is 35.0 Å². The molecule has 0 amide bonds. The zero-order chi connectivity index (χ0) is 16.8. The molecule has 0 heterocycles. The number of aryl methyl sites for hydroxylation is 2. The Bertz CT molecular complexity index is 695. The van der Waals surface area contributed by atoms with Gasteiger partial charge in [0.15, 0.2) is 0 Å². The van der Waals surface area contributed by atoms with Crippen molar-refractivity contribution in [2.45, 2.75) is 33.3 Å². The Morgan fingerprint density at radius 2 is 2.00 bits per heavy atom. The molecule has 0 aliphatic rings. The maximum atomic E-state index is 11.6. The molecular weight excluding hydrogens is 356 g/mol. The lowest BCUT2D eigenvalue weighted by Crippen LogP contribution is -2.09. The lowest BCUT2D eigenvalue weighted by Gasteiger charge is -2.14. The predicted octanol–water partition coefficient (Wildman–Crippen LogP) is 4.61. The normalized spacial score (nSPS) is 10.4. The second kappa shape index (κ2) is 8.16. The molecule has 0 radical (unpaired) electrons. The van der Waals surface area contributed by atoms with Gasteiger partial charge < -0.3 is 9.47 Å². The minimum Gasteiger partial charge on any atom is -0.489 e. The molecule has 0 fully saturated rings. The first-order valence-corrected chi connectivity index (χ1v) is 8.39. The molecule has 23 heavy (non-hydrogen) atoms.